The van der Waals surface area contributed by atoms with E-state index in [1.54, 1.807) is 25.2 Å². The van der Waals surface area contributed by atoms with E-state index in [0.29, 0.717) is 30.0 Å². The standard InChI is InChI=1S/C21H27ClFN5O3S/c1-11(2)32(30,31)28-9-13-6-12(7-14(13)10-28)19-18(20(24)27(3)26-19)21(29)25-15-4-5-17(23)16(22)8-15/h4-5,8,11-14H,6-7,9-10,24H2,1-3H3,(H,25,29). The minimum atomic E-state index is -3.27. The number of aromatic nitrogens is 2. The zero-order chi connectivity index (χ0) is 23.4. The average Bonchev–Trinajstić information content (AvgIpc) is 3.37. The van der Waals surface area contributed by atoms with Gasteiger partial charge in [-0.3, -0.25) is 9.48 Å². The number of halogens is 2. The molecule has 32 heavy (non-hydrogen) atoms. The fourth-order valence-electron chi connectivity index (χ4n) is 4.83. The number of rotatable bonds is 5. The number of benzene rings is 1. The highest BCUT2D eigenvalue weighted by Gasteiger charge is 2.46. The highest BCUT2D eigenvalue weighted by molar-refractivity contribution is 7.89. The number of hydrogen-bond donors (Lipinski definition) is 2. The van der Waals surface area contributed by atoms with Crippen LogP contribution in [0.2, 0.25) is 5.02 Å². The van der Waals surface area contributed by atoms with Crippen LogP contribution in [-0.4, -0.2) is 46.8 Å². The summed E-state index contributed by atoms with van der Waals surface area (Å²) in [6.07, 6.45) is 1.49. The zero-order valence-electron chi connectivity index (χ0n) is 18.2. The summed E-state index contributed by atoms with van der Waals surface area (Å²) >= 11 is 5.82. The molecule has 1 aromatic heterocycles. The smallest absolute Gasteiger partial charge is 0.261 e. The van der Waals surface area contributed by atoms with E-state index in [4.69, 9.17) is 17.3 Å². The first-order valence-electron chi connectivity index (χ1n) is 10.6. The van der Waals surface area contributed by atoms with Crippen LogP contribution in [0.5, 0.6) is 0 Å². The summed E-state index contributed by atoms with van der Waals surface area (Å²) in [7, 11) is -1.60. The Morgan fingerprint density at radius 2 is 1.91 bits per heavy atom. The number of nitrogens with zero attached hydrogens (tertiary/aromatic N) is 3. The zero-order valence-corrected chi connectivity index (χ0v) is 19.8. The van der Waals surface area contributed by atoms with Crippen molar-refractivity contribution >= 4 is 39.0 Å². The normalized spacial score (nSPS) is 23.6. The number of anilines is 2. The molecule has 2 heterocycles. The molecule has 4 rings (SSSR count). The quantitative estimate of drug-likeness (QED) is 0.678. The molecule has 2 aromatic rings. The number of carbonyl (C=O) groups is 1. The van der Waals surface area contributed by atoms with Crippen LogP contribution in [0.25, 0.3) is 0 Å². The van der Waals surface area contributed by atoms with Crippen molar-refractivity contribution in [2.45, 2.75) is 37.9 Å². The highest BCUT2D eigenvalue weighted by Crippen LogP contribution is 2.48. The predicted octanol–water partition coefficient (Wildman–Crippen LogP) is 3.21. The van der Waals surface area contributed by atoms with E-state index in [0.717, 1.165) is 12.8 Å². The Bertz CT molecular complexity index is 1150. The molecule has 174 valence electrons. The van der Waals surface area contributed by atoms with Gasteiger partial charge in [0.05, 0.1) is 16.0 Å². The Balaban J connectivity index is 1.53. The lowest BCUT2D eigenvalue weighted by Gasteiger charge is -2.21. The lowest BCUT2D eigenvalue weighted by molar-refractivity contribution is 0.102. The van der Waals surface area contributed by atoms with Gasteiger partial charge in [-0.1, -0.05) is 11.6 Å². The number of aryl methyl sites for hydroxylation is 1. The van der Waals surface area contributed by atoms with Crippen LogP contribution >= 0.6 is 11.6 Å². The van der Waals surface area contributed by atoms with Gasteiger partial charge in [0.25, 0.3) is 5.91 Å². The molecule has 2 fully saturated rings. The molecule has 1 saturated carbocycles. The second kappa shape index (κ2) is 8.31. The second-order valence-electron chi connectivity index (χ2n) is 8.95. The van der Waals surface area contributed by atoms with E-state index in [9.17, 15) is 17.6 Å². The van der Waals surface area contributed by atoms with Crippen LogP contribution in [0, 0.1) is 17.7 Å². The van der Waals surface area contributed by atoms with Crippen LogP contribution in [0.15, 0.2) is 18.2 Å². The van der Waals surface area contributed by atoms with Gasteiger partial charge in [0.2, 0.25) is 10.0 Å². The SMILES string of the molecule is CC(C)S(=O)(=O)N1CC2CC(c3nn(C)c(N)c3C(=O)Nc3ccc(F)c(Cl)c3)CC2C1. The van der Waals surface area contributed by atoms with Crippen molar-refractivity contribution in [1.82, 2.24) is 14.1 Å². The Morgan fingerprint density at radius 3 is 2.47 bits per heavy atom. The monoisotopic (exact) mass is 483 g/mol. The number of amides is 1. The molecule has 2 aliphatic rings. The maximum atomic E-state index is 13.4. The highest BCUT2D eigenvalue weighted by atomic mass is 35.5. The minimum Gasteiger partial charge on any atom is -0.383 e. The van der Waals surface area contributed by atoms with Crippen molar-refractivity contribution in [3.05, 3.63) is 40.3 Å². The largest absolute Gasteiger partial charge is 0.383 e. The van der Waals surface area contributed by atoms with Crippen LogP contribution in [0.4, 0.5) is 15.9 Å². The first-order valence-corrected chi connectivity index (χ1v) is 12.4. The van der Waals surface area contributed by atoms with Crippen LogP contribution in [0.1, 0.15) is 48.7 Å². The maximum absolute atomic E-state index is 13.4. The molecule has 2 unspecified atom stereocenters. The first-order chi connectivity index (χ1) is 15.0. The third-order valence-electron chi connectivity index (χ3n) is 6.58. The number of fused-ring (bicyclic) bond motifs is 1. The molecular weight excluding hydrogens is 457 g/mol. The molecule has 2 atom stereocenters. The number of nitrogens with two attached hydrogens (primary N) is 1. The molecular formula is C21H27ClFN5O3S. The van der Waals surface area contributed by atoms with Gasteiger partial charge in [-0.15, -0.1) is 0 Å². The van der Waals surface area contributed by atoms with Crippen molar-refractivity contribution in [1.29, 1.82) is 0 Å². The number of sulfonamides is 1. The van der Waals surface area contributed by atoms with Crippen molar-refractivity contribution in [3.8, 4) is 0 Å². The van der Waals surface area contributed by atoms with Gasteiger partial charge in [-0.25, -0.2) is 17.1 Å². The Morgan fingerprint density at radius 1 is 1.28 bits per heavy atom. The topological polar surface area (TPSA) is 110 Å². The Hall–Kier alpha value is -2.17. The third kappa shape index (κ3) is 3.99. The fraction of sp³-hybridized carbons (Fsp3) is 0.524. The lowest BCUT2D eigenvalue weighted by Crippen LogP contribution is -2.35. The lowest BCUT2D eigenvalue weighted by atomic mass is 9.97. The van der Waals surface area contributed by atoms with Gasteiger partial charge in [-0.05, 0) is 56.7 Å². The van der Waals surface area contributed by atoms with Gasteiger partial charge in [-0.2, -0.15) is 5.10 Å². The number of hydrogen-bond acceptors (Lipinski definition) is 5. The number of carbonyl (C=O) groups excluding carboxylic acids is 1. The summed E-state index contributed by atoms with van der Waals surface area (Å²) in [5.41, 5.74) is 7.44. The van der Waals surface area contributed by atoms with Crippen LogP contribution < -0.4 is 11.1 Å². The first kappa shape index (κ1) is 23.0. The van der Waals surface area contributed by atoms with Crippen molar-refractivity contribution in [3.63, 3.8) is 0 Å². The van der Waals surface area contributed by atoms with E-state index >= 15 is 0 Å². The summed E-state index contributed by atoms with van der Waals surface area (Å²) in [5.74, 6) is -0.305. The maximum Gasteiger partial charge on any atom is 0.261 e. The van der Waals surface area contributed by atoms with Gasteiger partial charge in [0, 0.05) is 31.7 Å². The van der Waals surface area contributed by atoms with Gasteiger partial charge in [0.15, 0.2) is 0 Å². The average molecular weight is 484 g/mol. The summed E-state index contributed by atoms with van der Waals surface area (Å²) in [5, 5.41) is 6.71. The molecule has 1 saturated heterocycles. The molecule has 0 spiro atoms. The molecule has 1 aliphatic heterocycles. The van der Waals surface area contributed by atoms with Crippen molar-refractivity contribution in [2.24, 2.45) is 18.9 Å². The van der Waals surface area contributed by atoms with Crippen LogP contribution in [-0.2, 0) is 17.1 Å². The van der Waals surface area contributed by atoms with Crippen LogP contribution in [0.3, 0.4) is 0 Å². The van der Waals surface area contributed by atoms with E-state index in [1.165, 1.54) is 22.9 Å². The van der Waals surface area contributed by atoms with Gasteiger partial charge >= 0.3 is 0 Å². The van der Waals surface area contributed by atoms with E-state index in [-0.39, 0.29) is 28.6 Å². The van der Waals surface area contributed by atoms with Crippen molar-refractivity contribution < 1.29 is 17.6 Å². The molecule has 3 N–H and O–H groups in total. The van der Waals surface area contributed by atoms with E-state index < -0.39 is 27.0 Å². The van der Waals surface area contributed by atoms with Gasteiger partial charge in [0.1, 0.15) is 17.2 Å². The summed E-state index contributed by atoms with van der Waals surface area (Å²) < 4.78 is 41.6. The molecule has 0 bridgehead atoms. The summed E-state index contributed by atoms with van der Waals surface area (Å²) in [6.45, 7) is 4.39. The summed E-state index contributed by atoms with van der Waals surface area (Å²) in [6, 6.07) is 3.94. The summed E-state index contributed by atoms with van der Waals surface area (Å²) in [4.78, 5) is 13.1. The van der Waals surface area contributed by atoms with E-state index in [2.05, 4.69) is 10.4 Å². The van der Waals surface area contributed by atoms with E-state index in [1.807, 2.05) is 0 Å². The molecule has 1 amide bonds. The number of nitrogen functional groups attached to an aromatic ring is 1. The fourth-order valence-corrected chi connectivity index (χ4v) is 6.41. The Labute approximate surface area is 192 Å². The molecule has 11 heteroatoms. The van der Waals surface area contributed by atoms with Crippen molar-refractivity contribution in [2.75, 3.05) is 24.1 Å². The minimum absolute atomic E-state index is 0.00922. The van der Waals surface area contributed by atoms with Gasteiger partial charge < -0.3 is 11.1 Å². The Kier molecular flexibility index (Phi) is 5.98. The third-order valence-corrected chi connectivity index (χ3v) is 9.08. The number of nitrogens with one attached hydrogen (secondary N) is 1. The molecule has 1 aromatic carbocycles. The molecule has 8 nitrogen and oxygen atoms in total. The predicted molar refractivity (Wildman–Crippen MR) is 122 cm³/mol. The molecule has 1 aliphatic carbocycles. The molecule has 0 radical (unpaired) electrons. The second-order valence-corrected chi connectivity index (χ2v) is 11.8.